The van der Waals surface area contributed by atoms with E-state index in [4.69, 9.17) is 17.2 Å². The van der Waals surface area contributed by atoms with E-state index in [1.807, 2.05) is 6.92 Å². The third kappa shape index (κ3) is 32.6. The van der Waals surface area contributed by atoms with Gasteiger partial charge in [-0.2, -0.15) is 0 Å². The van der Waals surface area contributed by atoms with Gasteiger partial charge in [-0.1, -0.05) is 121 Å². The van der Waals surface area contributed by atoms with Gasteiger partial charge in [0, 0.05) is 43.7 Å². The number of aliphatic hydroxyl groups excluding tert-OH is 2. The zero-order valence-electron chi connectivity index (χ0n) is 47.5. The lowest BCUT2D eigenvalue weighted by molar-refractivity contribution is -0.134. The summed E-state index contributed by atoms with van der Waals surface area (Å²) < 4.78 is 0. The quantitative estimate of drug-likeness (QED) is 0.0218. The van der Waals surface area contributed by atoms with Gasteiger partial charge in [0.05, 0.1) is 39.2 Å². The number of rotatable bonds is 45. The zero-order valence-corrected chi connectivity index (χ0v) is 47.5. The molecule has 1 aromatic carbocycles. The van der Waals surface area contributed by atoms with Gasteiger partial charge >= 0.3 is 0 Å². The number of carbonyl (C=O) groups excluding carboxylic acids is 9. The van der Waals surface area contributed by atoms with E-state index in [2.05, 4.69) is 69.7 Å². The van der Waals surface area contributed by atoms with Gasteiger partial charge in [0.25, 0.3) is 0 Å². The van der Waals surface area contributed by atoms with Crippen molar-refractivity contribution in [2.75, 3.05) is 45.9 Å². The van der Waals surface area contributed by atoms with Crippen molar-refractivity contribution in [2.45, 2.75) is 185 Å². The Morgan fingerprint density at radius 3 is 1.54 bits per heavy atom. The summed E-state index contributed by atoms with van der Waals surface area (Å²) >= 11 is 0. The number of hydrogen-bond donors (Lipinski definition) is 15. The number of imidazole rings is 1. The second-order valence-corrected chi connectivity index (χ2v) is 20.2. The molecule has 0 bridgehead atoms. The van der Waals surface area contributed by atoms with Crippen LogP contribution in [0, 0.1) is 0 Å². The monoisotopic (exact) mass is 1140 g/mol. The first-order valence-corrected chi connectivity index (χ1v) is 28.6. The SMILES string of the molecule is CCCCCCCCCCCCCCCC(=O)NCC(=O)N[C@@H](CO)C(=O)NCC(=O)N[C@@H](CO)C(=O)NCC(=O)N[C@@H](Cc1cnc[nH]1)C(=O)N[C@@H](Cc1ccccc1)C(=O)N[C@@H](CCCN=C(N)N)C(=O)N[C@H](C)CCCCN. The summed E-state index contributed by atoms with van der Waals surface area (Å²) in [5, 5.41) is 42.2. The molecule has 18 N–H and O–H groups in total. The van der Waals surface area contributed by atoms with Crippen LogP contribution in [0.3, 0.4) is 0 Å². The fourth-order valence-electron chi connectivity index (χ4n) is 8.49. The minimum Gasteiger partial charge on any atom is -0.394 e. The van der Waals surface area contributed by atoms with Gasteiger partial charge in [0.15, 0.2) is 5.96 Å². The first kappa shape index (κ1) is 69.9. The summed E-state index contributed by atoms with van der Waals surface area (Å²) in [6.07, 6.45) is 20.7. The topological polar surface area (TPSA) is 421 Å². The number of nitrogens with two attached hydrogens (primary N) is 3. The van der Waals surface area contributed by atoms with Gasteiger partial charge < -0.3 is 80.2 Å². The smallest absolute Gasteiger partial charge is 0.245 e. The molecule has 6 atom stereocenters. The van der Waals surface area contributed by atoms with E-state index in [0.29, 0.717) is 37.1 Å². The average Bonchev–Trinajstić information content (AvgIpc) is 3.97. The second-order valence-electron chi connectivity index (χ2n) is 20.2. The number of unbranched alkanes of at least 4 members (excludes halogenated alkanes) is 13. The minimum atomic E-state index is -1.61. The standard InChI is InChI=1S/C55H93N15O11/c1-3-4-5-6-7-8-9-10-11-12-13-14-18-26-46(73)61-32-47(74)67-44(35-71)50(77)63-34-49(76)68-45(36-72)51(78)62-33-48(75)66-43(30-40-31-59-37-64-40)54(81)70-42(29-39-23-16-15-17-24-39)53(80)69-41(25-21-28-60-55(57)58)52(79)65-38(2)22-19-20-27-56/h15-17,23-24,31,37-38,41-45,71-72H,3-14,18-22,25-30,32-36,56H2,1-2H3,(H,59,64)(H,61,73)(H,62,78)(H,63,77)(H,65,79)(H,66,75)(H,67,74)(H,68,76)(H,69,80)(H,70,81)(H4,57,58,60)/t38-,41+,42+,43+,44+,45+/m1/s1. The van der Waals surface area contributed by atoms with Gasteiger partial charge in [-0.25, -0.2) is 4.98 Å². The van der Waals surface area contributed by atoms with E-state index in [0.717, 1.165) is 32.1 Å². The van der Waals surface area contributed by atoms with Crippen molar-refractivity contribution in [1.29, 1.82) is 0 Å². The molecule has 1 heterocycles. The van der Waals surface area contributed by atoms with Crippen molar-refractivity contribution in [3.63, 3.8) is 0 Å². The Morgan fingerprint density at radius 1 is 0.543 bits per heavy atom. The predicted octanol–water partition coefficient (Wildman–Crippen LogP) is -0.879. The van der Waals surface area contributed by atoms with Crippen LogP contribution < -0.4 is 65.1 Å². The number of guanidine groups is 1. The number of nitrogens with one attached hydrogen (secondary N) is 10. The molecule has 0 saturated heterocycles. The minimum absolute atomic E-state index is 0.0198. The number of benzene rings is 1. The molecule has 0 fully saturated rings. The number of aliphatic imine (C=N–C) groups is 1. The van der Waals surface area contributed by atoms with Crippen molar-refractivity contribution in [3.8, 4) is 0 Å². The lowest BCUT2D eigenvalue weighted by Crippen LogP contribution is -2.59. The molecule has 26 heteroatoms. The van der Waals surface area contributed by atoms with Crippen molar-refractivity contribution in [2.24, 2.45) is 22.2 Å². The Bertz CT molecular complexity index is 2200. The van der Waals surface area contributed by atoms with E-state index in [1.165, 1.54) is 70.3 Å². The van der Waals surface area contributed by atoms with Crippen LogP contribution in [0.5, 0.6) is 0 Å². The molecule has 0 spiro atoms. The summed E-state index contributed by atoms with van der Waals surface area (Å²) in [6, 6.07) is 1.75. The number of aliphatic hydroxyl groups is 2. The molecule has 9 amide bonds. The normalized spacial score (nSPS) is 13.1. The first-order valence-electron chi connectivity index (χ1n) is 28.6. The largest absolute Gasteiger partial charge is 0.394 e. The third-order valence-electron chi connectivity index (χ3n) is 13.1. The van der Waals surface area contributed by atoms with Crippen molar-refractivity contribution < 1.29 is 53.4 Å². The number of aromatic nitrogens is 2. The van der Waals surface area contributed by atoms with Gasteiger partial charge in [-0.05, 0) is 51.1 Å². The fraction of sp³-hybridized carbons (Fsp3) is 0.655. The van der Waals surface area contributed by atoms with Gasteiger partial charge in [0.2, 0.25) is 53.2 Å². The van der Waals surface area contributed by atoms with Crippen molar-refractivity contribution >= 4 is 59.1 Å². The Hall–Kier alpha value is -7.19. The lowest BCUT2D eigenvalue weighted by atomic mass is 10.0. The highest BCUT2D eigenvalue weighted by atomic mass is 16.3. The van der Waals surface area contributed by atoms with E-state index in [-0.39, 0.29) is 50.1 Å². The van der Waals surface area contributed by atoms with Crippen LogP contribution >= 0.6 is 0 Å². The molecule has 0 unspecified atom stereocenters. The third-order valence-corrected chi connectivity index (χ3v) is 13.1. The summed E-state index contributed by atoms with van der Waals surface area (Å²) in [5.41, 5.74) is 17.7. The average molecular weight is 1140 g/mol. The van der Waals surface area contributed by atoms with Crippen LogP contribution in [-0.2, 0) is 56.0 Å². The number of nitrogens with zero attached hydrogens (tertiary/aromatic N) is 2. The molecular formula is C55H93N15O11. The molecule has 0 aliphatic rings. The van der Waals surface area contributed by atoms with E-state index in [9.17, 15) is 53.4 Å². The molecule has 0 aliphatic heterocycles. The number of carbonyl (C=O) groups is 9. The van der Waals surface area contributed by atoms with Crippen LogP contribution in [0.4, 0.5) is 0 Å². The molecule has 0 radical (unpaired) electrons. The Balaban J connectivity index is 1.96. The molecule has 0 saturated carbocycles. The maximum Gasteiger partial charge on any atom is 0.245 e. The van der Waals surface area contributed by atoms with Crippen LogP contribution in [0.25, 0.3) is 0 Å². The van der Waals surface area contributed by atoms with E-state index >= 15 is 0 Å². The highest BCUT2D eigenvalue weighted by Gasteiger charge is 2.31. The van der Waals surface area contributed by atoms with Gasteiger partial charge in [-0.3, -0.25) is 48.1 Å². The number of aromatic amines is 1. The second kappa shape index (κ2) is 42.7. The molecule has 2 aromatic rings. The number of amides is 9. The lowest BCUT2D eigenvalue weighted by Gasteiger charge is -2.26. The van der Waals surface area contributed by atoms with Crippen LogP contribution in [0.1, 0.15) is 147 Å². The molecular weight excluding hydrogens is 1050 g/mol. The molecule has 0 aliphatic carbocycles. The number of H-pyrrole nitrogens is 1. The Labute approximate surface area is 476 Å². The molecule has 454 valence electrons. The number of hydrogen-bond acceptors (Lipinski definition) is 14. The fourth-order valence-corrected chi connectivity index (χ4v) is 8.49. The highest BCUT2D eigenvalue weighted by molar-refractivity contribution is 5.96. The van der Waals surface area contributed by atoms with Crippen LogP contribution in [0.2, 0.25) is 0 Å². The molecule has 81 heavy (non-hydrogen) atoms. The van der Waals surface area contributed by atoms with Gasteiger partial charge in [-0.15, -0.1) is 0 Å². The van der Waals surface area contributed by atoms with Crippen molar-refractivity contribution in [1.82, 2.24) is 57.8 Å². The van der Waals surface area contributed by atoms with Crippen LogP contribution in [0.15, 0.2) is 47.8 Å². The molecule has 1 aromatic heterocycles. The van der Waals surface area contributed by atoms with Crippen molar-refractivity contribution in [3.05, 3.63) is 54.1 Å². The maximum atomic E-state index is 14.2. The summed E-state index contributed by atoms with van der Waals surface area (Å²) in [4.78, 5) is 130. The van der Waals surface area contributed by atoms with Crippen LogP contribution in [-0.4, -0.2) is 161 Å². The summed E-state index contributed by atoms with van der Waals surface area (Å²) in [7, 11) is 0. The Kier molecular flexibility index (Phi) is 36.8. The van der Waals surface area contributed by atoms with E-state index < -0.39 is 110 Å². The molecule has 2 rings (SSSR count). The van der Waals surface area contributed by atoms with E-state index in [1.54, 1.807) is 30.3 Å². The predicted molar refractivity (Wildman–Crippen MR) is 306 cm³/mol. The highest BCUT2D eigenvalue weighted by Crippen LogP contribution is 2.14. The van der Waals surface area contributed by atoms with Gasteiger partial charge in [0.1, 0.15) is 30.2 Å². The zero-order chi connectivity index (χ0) is 59.6. The maximum absolute atomic E-state index is 14.2. The first-order chi connectivity index (χ1) is 39.0. The Morgan fingerprint density at radius 2 is 1.04 bits per heavy atom. The summed E-state index contributed by atoms with van der Waals surface area (Å²) in [6.45, 7) is 1.03. The summed E-state index contributed by atoms with van der Waals surface area (Å²) in [5.74, 6) is -6.99. The molecule has 26 nitrogen and oxygen atoms in total.